The molecule has 0 aliphatic heterocycles. The van der Waals surface area contributed by atoms with Gasteiger partial charge in [-0.15, -0.1) is 0 Å². The smallest absolute Gasteiger partial charge is 0.251 e. The Morgan fingerprint density at radius 3 is 2.18 bits per heavy atom. The van der Waals surface area contributed by atoms with E-state index in [1.165, 1.54) is 0 Å². The topological polar surface area (TPSA) is 3.24 Å². The van der Waals surface area contributed by atoms with E-state index in [1.807, 2.05) is 0 Å². The van der Waals surface area contributed by atoms with Gasteiger partial charge in [-0.2, -0.15) is 0 Å². The molecule has 0 aliphatic carbocycles. The predicted molar refractivity (Wildman–Crippen MR) is 43.0 cm³/mol. The van der Waals surface area contributed by atoms with E-state index in [0.717, 1.165) is 13.0 Å². The SMILES string of the molecule is CCC(C)CN(C)CC(F)F. The van der Waals surface area contributed by atoms with Crippen LogP contribution < -0.4 is 0 Å². The van der Waals surface area contributed by atoms with Gasteiger partial charge in [-0.05, 0) is 13.0 Å². The standard InChI is InChI=1S/C8H17F2N/c1-4-7(2)5-11(3)6-8(9)10/h7-8H,4-6H2,1-3H3. The Balaban J connectivity index is 3.43. The molecular formula is C8H17F2N. The van der Waals surface area contributed by atoms with Crippen molar-refractivity contribution in [2.45, 2.75) is 26.7 Å². The maximum Gasteiger partial charge on any atom is 0.251 e. The molecule has 0 spiro atoms. The van der Waals surface area contributed by atoms with E-state index in [2.05, 4.69) is 13.8 Å². The number of hydrogen-bond donors (Lipinski definition) is 0. The summed E-state index contributed by atoms with van der Waals surface area (Å²) in [5.74, 6) is 0.513. The first kappa shape index (κ1) is 10.8. The molecule has 0 fully saturated rings. The molecule has 1 unspecified atom stereocenters. The lowest BCUT2D eigenvalue weighted by molar-refractivity contribution is 0.0941. The van der Waals surface area contributed by atoms with E-state index in [9.17, 15) is 8.78 Å². The van der Waals surface area contributed by atoms with Crippen LogP contribution in [0.15, 0.2) is 0 Å². The van der Waals surface area contributed by atoms with Crippen LogP contribution in [-0.4, -0.2) is 31.5 Å². The summed E-state index contributed by atoms with van der Waals surface area (Å²) >= 11 is 0. The van der Waals surface area contributed by atoms with E-state index < -0.39 is 6.43 Å². The van der Waals surface area contributed by atoms with Crippen molar-refractivity contribution in [2.24, 2.45) is 5.92 Å². The molecule has 0 saturated carbocycles. The minimum absolute atomic E-state index is 0.107. The molecule has 0 aliphatic rings. The zero-order valence-electron chi connectivity index (χ0n) is 7.48. The molecule has 1 atom stereocenters. The summed E-state index contributed by atoms with van der Waals surface area (Å²) in [5, 5.41) is 0. The molecule has 0 radical (unpaired) electrons. The lowest BCUT2D eigenvalue weighted by atomic mass is 10.1. The van der Waals surface area contributed by atoms with Crippen LogP contribution in [0.5, 0.6) is 0 Å². The highest BCUT2D eigenvalue weighted by molar-refractivity contribution is 4.57. The zero-order chi connectivity index (χ0) is 8.85. The molecule has 3 heteroatoms. The number of nitrogens with zero attached hydrogens (tertiary/aromatic N) is 1. The Bertz CT molecular complexity index is 96.1. The van der Waals surface area contributed by atoms with Gasteiger partial charge in [0, 0.05) is 6.54 Å². The Kier molecular flexibility index (Phi) is 5.38. The Morgan fingerprint density at radius 1 is 1.27 bits per heavy atom. The van der Waals surface area contributed by atoms with Gasteiger partial charge >= 0.3 is 0 Å². The molecule has 0 saturated heterocycles. The van der Waals surface area contributed by atoms with Crippen molar-refractivity contribution in [1.29, 1.82) is 0 Å². The number of hydrogen-bond acceptors (Lipinski definition) is 1. The maximum absolute atomic E-state index is 11.8. The van der Waals surface area contributed by atoms with Gasteiger partial charge in [-0.1, -0.05) is 20.3 Å². The minimum atomic E-state index is -2.20. The Labute approximate surface area is 67.4 Å². The van der Waals surface area contributed by atoms with Gasteiger partial charge in [0.1, 0.15) is 0 Å². The van der Waals surface area contributed by atoms with Crippen LogP contribution in [-0.2, 0) is 0 Å². The first-order valence-corrected chi connectivity index (χ1v) is 4.03. The lowest BCUT2D eigenvalue weighted by Crippen LogP contribution is -2.28. The molecule has 0 aromatic rings. The Morgan fingerprint density at radius 2 is 1.82 bits per heavy atom. The largest absolute Gasteiger partial charge is 0.301 e. The molecule has 0 heterocycles. The third-order valence-corrected chi connectivity index (χ3v) is 1.77. The monoisotopic (exact) mass is 165 g/mol. The Hall–Kier alpha value is -0.180. The van der Waals surface area contributed by atoms with E-state index in [0.29, 0.717) is 5.92 Å². The van der Waals surface area contributed by atoms with Gasteiger partial charge in [0.15, 0.2) is 0 Å². The highest BCUT2D eigenvalue weighted by Crippen LogP contribution is 2.04. The molecule has 68 valence electrons. The van der Waals surface area contributed by atoms with Gasteiger partial charge in [-0.3, -0.25) is 0 Å². The molecular weight excluding hydrogens is 148 g/mol. The van der Waals surface area contributed by atoms with Crippen LogP contribution in [0.3, 0.4) is 0 Å². The first-order chi connectivity index (χ1) is 5.06. The van der Waals surface area contributed by atoms with Gasteiger partial charge in [-0.25, -0.2) is 8.78 Å². The van der Waals surface area contributed by atoms with Crippen molar-refractivity contribution in [3.63, 3.8) is 0 Å². The molecule has 1 nitrogen and oxygen atoms in total. The quantitative estimate of drug-likeness (QED) is 0.603. The number of alkyl halides is 2. The fourth-order valence-corrected chi connectivity index (χ4v) is 0.971. The van der Waals surface area contributed by atoms with Crippen molar-refractivity contribution in [1.82, 2.24) is 4.90 Å². The average molecular weight is 165 g/mol. The fourth-order valence-electron chi connectivity index (χ4n) is 0.971. The lowest BCUT2D eigenvalue weighted by Gasteiger charge is -2.19. The van der Waals surface area contributed by atoms with Crippen molar-refractivity contribution < 1.29 is 8.78 Å². The molecule has 0 rings (SSSR count). The van der Waals surface area contributed by atoms with Crippen molar-refractivity contribution in [2.75, 3.05) is 20.1 Å². The van der Waals surface area contributed by atoms with Crippen LogP contribution in [0.2, 0.25) is 0 Å². The molecule has 0 aromatic heterocycles. The zero-order valence-corrected chi connectivity index (χ0v) is 7.48. The van der Waals surface area contributed by atoms with Crippen LogP contribution in [0, 0.1) is 5.92 Å². The van der Waals surface area contributed by atoms with Crippen LogP contribution >= 0.6 is 0 Å². The van der Waals surface area contributed by atoms with E-state index >= 15 is 0 Å². The van der Waals surface area contributed by atoms with Gasteiger partial charge in [0.25, 0.3) is 6.43 Å². The number of rotatable bonds is 5. The van der Waals surface area contributed by atoms with Crippen molar-refractivity contribution in [3.05, 3.63) is 0 Å². The summed E-state index contributed by atoms with van der Waals surface area (Å²) in [5.41, 5.74) is 0. The average Bonchev–Trinajstić information content (AvgIpc) is 1.85. The highest BCUT2D eigenvalue weighted by Gasteiger charge is 2.09. The molecule has 0 N–H and O–H groups in total. The molecule has 11 heavy (non-hydrogen) atoms. The molecule has 0 aromatic carbocycles. The van der Waals surface area contributed by atoms with Crippen LogP contribution in [0.4, 0.5) is 8.78 Å². The van der Waals surface area contributed by atoms with Crippen molar-refractivity contribution in [3.8, 4) is 0 Å². The summed E-state index contributed by atoms with van der Waals surface area (Å²) in [6.07, 6.45) is -1.16. The second kappa shape index (κ2) is 5.47. The van der Waals surface area contributed by atoms with Gasteiger partial charge < -0.3 is 4.90 Å². The maximum atomic E-state index is 11.8. The van der Waals surface area contributed by atoms with Crippen LogP contribution in [0.1, 0.15) is 20.3 Å². The second-order valence-corrected chi connectivity index (χ2v) is 3.13. The van der Waals surface area contributed by atoms with Gasteiger partial charge in [0.05, 0.1) is 6.54 Å². The summed E-state index contributed by atoms with van der Waals surface area (Å²) in [6.45, 7) is 4.80. The summed E-state index contributed by atoms with van der Waals surface area (Å²) < 4.78 is 23.6. The molecule has 0 amide bonds. The van der Waals surface area contributed by atoms with Crippen molar-refractivity contribution >= 4 is 0 Å². The summed E-state index contributed by atoms with van der Waals surface area (Å²) in [7, 11) is 1.73. The summed E-state index contributed by atoms with van der Waals surface area (Å²) in [4.78, 5) is 1.68. The summed E-state index contributed by atoms with van der Waals surface area (Å²) in [6, 6.07) is 0. The normalized spacial score (nSPS) is 14.5. The second-order valence-electron chi connectivity index (χ2n) is 3.13. The van der Waals surface area contributed by atoms with E-state index in [4.69, 9.17) is 0 Å². The van der Waals surface area contributed by atoms with Crippen LogP contribution in [0.25, 0.3) is 0 Å². The number of halogens is 2. The third-order valence-electron chi connectivity index (χ3n) is 1.77. The minimum Gasteiger partial charge on any atom is -0.301 e. The van der Waals surface area contributed by atoms with Gasteiger partial charge in [0.2, 0.25) is 0 Å². The predicted octanol–water partition coefficient (Wildman–Crippen LogP) is 2.23. The third kappa shape index (κ3) is 6.23. The van der Waals surface area contributed by atoms with E-state index in [-0.39, 0.29) is 6.54 Å². The fraction of sp³-hybridized carbons (Fsp3) is 1.00. The van der Waals surface area contributed by atoms with E-state index in [1.54, 1.807) is 11.9 Å². The molecule has 0 bridgehead atoms. The first-order valence-electron chi connectivity index (χ1n) is 4.03. The highest BCUT2D eigenvalue weighted by atomic mass is 19.3.